The first kappa shape index (κ1) is 20.7. The lowest BCUT2D eigenvalue weighted by molar-refractivity contribution is -0.119. The number of aromatic nitrogens is 1. The smallest absolute Gasteiger partial charge is 0.338 e. The molecule has 3 N–H and O–H groups in total. The van der Waals surface area contributed by atoms with Crippen LogP contribution in [0, 0.1) is 6.92 Å². The van der Waals surface area contributed by atoms with Crippen LogP contribution in [-0.4, -0.2) is 31.9 Å². The summed E-state index contributed by atoms with van der Waals surface area (Å²) in [6.07, 6.45) is 0. The van der Waals surface area contributed by atoms with E-state index < -0.39 is 28.5 Å². The lowest BCUT2D eigenvalue weighted by Crippen LogP contribution is -2.21. The second-order valence-corrected chi connectivity index (χ2v) is 8.11. The van der Waals surface area contributed by atoms with Crippen LogP contribution in [0.1, 0.15) is 15.9 Å². The van der Waals surface area contributed by atoms with E-state index >= 15 is 0 Å². The molecule has 1 heterocycles. The number of nitrogens with one attached hydrogen (secondary N) is 1. The van der Waals surface area contributed by atoms with E-state index in [1.54, 1.807) is 31.2 Å². The van der Waals surface area contributed by atoms with Gasteiger partial charge in [-0.25, -0.2) is 23.3 Å². The molecule has 29 heavy (non-hydrogen) atoms. The standard InChI is InChI=1S/C19H16ClN3O5S/c1-11-2-5-14(9-16(11)29(21,26)27)22-18(24)10-28-19(25)13-3-6-15-12(8-13)4-7-17(20)23-15/h2-9H,10H2,1H3,(H,22,24)(H2,21,26,27). The van der Waals surface area contributed by atoms with Gasteiger partial charge in [0.05, 0.1) is 16.0 Å². The Labute approximate surface area is 171 Å². The van der Waals surface area contributed by atoms with Crippen LogP contribution in [0.4, 0.5) is 5.69 Å². The minimum absolute atomic E-state index is 0.0998. The lowest BCUT2D eigenvalue weighted by atomic mass is 10.1. The van der Waals surface area contributed by atoms with Crippen LogP contribution in [0.3, 0.4) is 0 Å². The number of hydrogen-bond donors (Lipinski definition) is 2. The van der Waals surface area contributed by atoms with E-state index in [0.29, 0.717) is 21.6 Å². The van der Waals surface area contributed by atoms with E-state index in [2.05, 4.69) is 10.3 Å². The highest BCUT2D eigenvalue weighted by molar-refractivity contribution is 7.89. The monoisotopic (exact) mass is 433 g/mol. The average molecular weight is 434 g/mol. The summed E-state index contributed by atoms with van der Waals surface area (Å²) < 4.78 is 28.1. The molecule has 0 atom stereocenters. The van der Waals surface area contributed by atoms with Gasteiger partial charge in [-0.1, -0.05) is 17.7 Å². The van der Waals surface area contributed by atoms with Gasteiger partial charge in [0.15, 0.2) is 6.61 Å². The number of aryl methyl sites for hydroxylation is 1. The molecular weight excluding hydrogens is 418 g/mol. The molecule has 150 valence electrons. The summed E-state index contributed by atoms with van der Waals surface area (Å²) >= 11 is 5.83. The largest absolute Gasteiger partial charge is 0.452 e. The number of pyridine rings is 1. The number of amides is 1. The predicted octanol–water partition coefficient (Wildman–Crippen LogP) is 2.64. The normalized spacial score (nSPS) is 11.3. The van der Waals surface area contributed by atoms with Crippen molar-refractivity contribution in [2.45, 2.75) is 11.8 Å². The third-order valence-corrected chi connectivity index (χ3v) is 5.27. The summed E-state index contributed by atoms with van der Waals surface area (Å²) in [5.41, 5.74) is 1.54. The molecule has 0 aliphatic rings. The van der Waals surface area contributed by atoms with Gasteiger partial charge < -0.3 is 10.1 Å². The van der Waals surface area contributed by atoms with Gasteiger partial charge >= 0.3 is 5.97 Å². The average Bonchev–Trinajstić information content (AvgIpc) is 2.66. The number of nitrogens with two attached hydrogens (primary N) is 1. The number of halogens is 1. The molecular formula is C19H16ClN3O5S. The molecule has 0 aliphatic carbocycles. The Bertz CT molecular complexity index is 1230. The minimum atomic E-state index is -3.92. The number of carbonyl (C=O) groups is 2. The van der Waals surface area contributed by atoms with Crippen molar-refractivity contribution in [2.24, 2.45) is 5.14 Å². The second kappa shape index (κ2) is 8.16. The number of hydrogen-bond acceptors (Lipinski definition) is 6. The van der Waals surface area contributed by atoms with E-state index in [1.807, 2.05) is 0 Å². The van der Waals surface area contributed by atoms with Gasteiger partial charge in [0, 0.05) is 11.1 Å². The zero-order valence-corrected chi connectivity index (χ0v) is 16.8. The Morgan fingerprint density at radius 1 is 1.14 bits per heavy atom. The van der Waals surface area contributed by atoms with Gasteiger partial charge in [-0.3, -0.25) is 4.79 Å². The van der Waals surface area contributed by atoms with E-state index in [1.165, 1.54) is 24.3 Å². The van der Waals surface area contributed by atoms with Gasteiger partial charge in [-0.05, 0) is 55.0 Å². The van der Waals surface area contributed by atoms with E-state index in [-0.39, 0.29) is 16.1 Å². The van der Waals surface area contributed by atoms with Gasteiger partial charge in [-0.15, -0.1) is 0 Å². The Hall–Kier alpha value is -3.01. The lowest BCUT2D eigenvalue weighted by Gasteiger charge is -2.09. The summed E-state index contributed by atoms with van der Waals surface area (Å²) in [6.45, 7) is 1.04. The molecule has 0 fully saturated rings. The number of anilines is 1. The van der Waals surface area contributed by atoms with Crippen LogP contribution in [-0.2, 0) is 19.6 Å². The summed E-state index contributed by atoms with van der Waals surface area (Å²) in [5.74, 6) is -1.32. The van der Waals surface area contributed by atoms with E-state index in [0.717, 1.165) is 0 Å². The van der Waals surface area contributed by atoms with E-state index in [9.17, 15) is 18.0 Å². The quantitative estimate of drug-likeness (QED) is 0.470. The topological polar surface area (TPSA) is 128 Å². The summed E-state index contributed by atoms with van der Waals surface area (Å²) in [5, 5.41) is 8.65. The molecule has 8 nitrogen and oxygen atoms in total. The molecule has 3 rings (SSSR count). The highest BCUT2D eigenvalue weighted by Crippen LogP contribution is 2.19. The highest BCUT2D eigenvalue weighted by atomic mass is 35.5. The molecule has 1 amide bonds. The third kappa shape index (κ3) is 5.08. The molecule has 0 saturated carbocycles. The molecule has 0 unspecified atom stereocenters. The van der Waals surface area contributed by atoms with Crippen molar-refractivity contribution in [3.8, 4) is 0 Å². The molecule has 0 bridgehead atoms. The maximum atomic E-state index is 12.2. The van der Waals surface area contributed by atoms with Crippen LogP contribution < -0.4 is 10.5 Å². The highest BCUT2D eigenvalue weighted by Gasteiger charge is 2.15. The molecule has 0 aliphatic heterocycles. The van der Waals surface area contributed by atoms with Crippen molar-refractivity contribution in [2.75, 3.05) is 11.9 Å². The summed E-state index contributed by atoms with van der Waals surface area (Å²) in [6, 6.07) is 12.3. The van der Waals surface area contributed by atoms with Crippen LogP contribution in [0.15, 0.2) is 53.4 Å². The van der Waals surface area contributed by atoms with Crippen LogP contribution >= 0.6 is 11.6 Å². The molecule has 10 heteroatoms. The van der Waals surface area contributed by atoms with Crippen molar-refractivity contribution < 1.29 is 22.7 Å². The first-order valence-electron chi connectivity index (χ1n) is 8.30. The Morgan fingerprint density at radius 3 is 2.62 bits per heavy atom. The fraction of sp³-hybridized carbons (Fsp3) is 0.105. The van der Waals surface area contributed by atoms with Crippen molar-refractivity contribution in [3.05, 3.63) is 64.8 Å². The van der Waals surface area contributed by atoms with Crippen LogP contribution in [0.5, 0.6) is 0 Å². The summed E-state index contributed by atoms with van der Waals surface area (Å²) in [7, 11) is -3.92. The van der Waals surface area contributed by atoms with Crippen molar-refractivity contribution in [1.29, 1.82) is 0 Å². The second-order valence-electron chi connectivity index (χ2n) is 6.19. The van der Waals surface area contributed by atoms with Gasteiger partial charge in [0.2, 0.25) is 10.0 Å². The first-order chi connectivity index (χ1) is 13.6. The maximum Gasteiger partial charge on any atom is 0.338 e. The SMILES string of the molecule is Cc1ccc(NC(=O)COC(=O)c2ccc3nc(Cl)ccc3c2)cc1S(N)(=O)=O. The van der Waals surface area contributed by atoms with Gasteiger partial charge in [-0.2, -0.15) is 0 Å². The van der Waals surface area contributed by atoms with Crippen molar-refractivity contribution in [1.82, 2.24) is 4.98 Å². The number of sulfonamides is 1. The van der Waals surface area contributed by atoms with Crippen LogP contribution in [0.25, 0.3) is 10.9 Å². The number of primary sulfonamides is 1. The fourth-order valence-electron chi connectivity index (χ4n) is 2.62. The zero-order chi connectivity index (χ0) is 21.2. The minimum Gasteiger partial charge on any atom is -0.452 e. The molecule has 0 spiro atoms. The number of nitrogens with zero attached hydrogens (tertiary/aromatic N) is 1. The predicted molar refractivity (Wildman–Crippen MR) is 108 cm³/mol. The van der Waals surface area contributed by atoms with Gasteiger partial charge in [0.25, 0.3) is 5.91 Å². The number of fused-ring (bicyclic) bond motifs is 1. The number of ether oxygens (including phenoxy) is 1. The number of carbonyl (C=O) groups excluding carboxylic acids is 2. The molecule has 0 radical (unpaired) electrons. The number of benzene rings is 2. The number of esters is 1. The molecule has 0 saturated heterocycles. The molecule has 1 aromatic heterocycles. The van der Waals surface area contributed by atoms with Gasteiger partial charge in [0.1, 0.15) is 5.15 Å². The molecule has 2 aromatic carbocycles. The number of rotatable bonds is 5. The zero-order valence-electron chi connectivity index (χ0n) is 15.2. The Kier molecular flexibility index (Phi) is 5.83. The summed E-state index contributed by atoms with van der Waals surface area (Å²) in [4.78, 5) is 28.3. The first-order valence-corrected chi connectivity index (χ1v) is 10.2. The maximum absolute atomic E-state index is 12.2. The van der Waals surface area contributed by atoms with E-state index in [4.69, 9.17) is 21.5 Å². The van der Waals surface area contributed by atoms with Crippen molar-refractivity contribution >= 4 is 50.1 Å². The fourth-order valence-corrected chi connectivity index (χ4v) is 3.59. The third-order valence-electron chi connectivity index (χ3n) is 4.00. The Balaban J connectivity index is 1.65. The van der Waals surface area contributed by atoms with Crippen molar-refractivity contribution in [3.63, 3.8) is 0 Å². The molecule has 3 aromatic rings. The van der Waals surface area contributed by atoms with Crippen LogP contribution in [0.2, 0.25) is 5.15 Å². The Morgan fingerprint density at radius 2 is 1.90 bits per heavy atom.